The maximum atomic E-state index is 10.9. The first-order chi connectivity index (χ1) is 7.88. The van der Waals surface area contributed by atoms with E-state index in [2.05, 4.69) is 0 Å². The Morgan fingerprint density at radius 1 is 1.35 bits per heavy atom. The summed E-state index contributed by atoms with van der Waals surface area (Å²) in [6, 6.07) is 3.66. The molecule has 0 spiro atoms. The zero-order valence-corrected chi connectivity index (χ0v) is 11.2. The Bertz CT molecular complexity index is 427. The molecule has 0 fully saturated rings. The van der Waals surface area contributed by atoms with Gasteiger partial charge in [0, 0.05) is 0 Å². The van der Waals surface area contributed by atoms with Gasteiger partial charge in [0.25, 0.3) is 0 Å². The number of aryl methyl sites for hydroxylation is 1. The molecule has 1 rings (SSSR count). The maximum absolute atomic E-state index is 10.9. The molecule has 0 aliphatic heterocycles. The minimum Gasteiger partial charge on any atom is -0.496 e. The summed E-state index contributed by atoms with van der Waals surface area (Å²) in [6.45, 7) is 5.89. The fourth-order valence-corrected chi connectivity index (χ4v) is 1.98. The third kappa shape index (κ3) is 2.91. The molecule has 0 heterocycles. The molecule has 3 nitrogen and oxygen atoms in total. The predicted molar refractivity (Wildman–Crippen MR) is 68.0 cm³/mol. The number of benzene rings is 1. The van der Waals surface area contributed by atoms with Crippen molar-refractivity contribution < 1.29 is 14.6 Å². The number of hydrogen-bond acceptors (Lipinski definition) is 2. The quantitative estimate of drug-likeness (QED) is 0.839. The monoisotopic (exact) mass is 256 g/mol. The summed E-state index contributed by atoms with van der Waals surface area (Å²) in [5.74, 6) is -0.00731. The van der Waals surface area contributed by atoms with Crippen LogP contribution in [0, 0.1) is 6.92 Å². The summed E-state index contributed by atoms with van der Waals surface area (Å²) in [6.07, 6.45) is 0. The number of halogens is 1. The van der Waals surface area contributed by atoms with Crippen LogP contribution >= 0.6 is 11.6 Å². The number of methoxy groups -OCH3 is 1. The average molecular weight is 257 g/mol. The molecular formula is C13H17ClO3. The summed E-state index contributed by atoms with van der Waals surface area (Å²) in [4.78, 5) is 10.9. The van der Waals surface area contributed by atoms with Crippen LogP contribution in [0.25, 0.3) is 0 Å². The van der Waals surface area contributed by atoms with Crippen LogP contribution < -0.4 is 4.74 Å². The van der Waals surface area contributed by atoms with E-state index in [1.54, 1.807) is 7.11 Å². The van der Waals surface area contributed by atoms with Gasteiger partial charge in [0.2, 0.25) is 0 Å². The van der Waals surface area contributed by atoms with Crippen molar-refractivity contribution >= 4 is 17.6 Å². The highest BCUT2D eigenvalue weighted by molar-refractivity contribution is 6.29. The molecule has 4 heteroatoms. The highest BCUT2D eigenvalue weighted by Gasteiger charge is 2.21. The molecule has 1 N–H and O–H groups in total. The molecule has 1 atom stereocenters. The normalized spacial score (nSPS) is 12.6. The summed E-state index contributed by atoms with van der Waals surface area (Å²) >= 11 is 5.88. The van der Waals surface area contributed by atoms with Gasteiger partial charge in [-0.25, -0.2) is 0 Å². The highest BCUT2D eigenvalue weighted by Crippen LogP contribution is 2.34. The first-order valence-electron chi connectivity index (χ1n) is 5.43. The van der Waals surface area contributed by atoms with Crippen molar-refractivity contribution in [1.29, 1.82) is 0 Å². The van der Waals surface area contributed by atoms with Gasteiger partial charge in [0.15, 0.2) is 5.38 Å². The van der Waals surface area contributed by atoms with E-state index in [0.717, 1.165) is 16.9 Å². The minimum absolute atomic E-state index is 0.252. The van der Waals surface area contributed by atoms with Crippen molar-refractivity contribution in [3.8, 4) is 5.75 Å². The van der Waals surface area contributed by atoms with Gasteiger partial charge in [-0.1, -0.05) is 13.8 Å². The maximum Gasteiger partial charge on any atom is 0.326 e. The summed E-state index contributed by atoms with van der Waals surface area (Å²) < 4.78 is 5.29. The van der Waals surface area contributed by atoms with Crippen LogP contribution in [-0.2, 0) is 4.79 Å². The first kappa shape index (κ1) is 13.8. The van der Waals surface area contributed by atoms with Crippen molar-refractivity contribution in [2.45, 2.75) is 32.1 Å². The Morgan fingerprint density at radius 3 is 2.35 bits per heavy atom. The van der Waals surface area contributed by atoms with Crippen LogP contribution in [0.4, 0.5) is 0 Å². The molecule has 0 aliphatic rings. The van der Waals surface area contributed by atoms with E-state index in [9.17, 15) is 4.79 Å². The summed E-state index contributed by atoms with van der Waals surface area (Å²) in [5, 5.41) is 7.94. The van der Waals surface area contributed by atoms with Crippen molar-refractivity contribution in [1.82, 2.24) is 0 Å². The van der Waals surface area contributed by atoms with Crippen LogP contribution in [0.3, 0.4) is 0 Å². The number of alkyl halides is 1. The Kier molecular flexibility index (Phi) is 4.40. The topological polar surface area (TPSA) is 46.5 Å². The zero-order chi connectivity index (χ0) is 13.2. The molecule has 17 heavy (non-hydrogen) atoms. The van der Waals surface area contributed by atoms with E-state index in [4.69, 9.17) is 21.4 Å². The van der Waals surface area contributed by atoms with Crippen LogP contribution in [0.5, 0.6) is 5.75 Å². The van der Waals surface area contributed by atoms with E-state index in [-0.39, 0.29) is 5.92 Å². The number of ether oxygens (including phenoxy) is 1. The molecule has 1 aromatic carbocycles. The van der Waals surface area contributed by atoms with E-state index in [1.807, 2.05) is 32.9 Å². The molecule has 0 saturated heterocycles. The van der Waals surface area contributed by atoms with Gasteiger partial charge < -0.3 is 9.84 Å². The molecular weight excluding hydrogens is 240 g/mol. The minimum atomic E-state index is -1.03. The fourth-order valence-electron chi connectivity index (χ4n) is 1.75. The zero-order valence-electron chi connectivity index (χ0n) is 10.5. The number of carboxylic acids is 1. The van der Waals surface area contributed by atoms with Gasteiger partial charge in [0.1, 0.15) is 5.75 Å². The summed E-state index contributed by atoms with van der Waals surface area (Å²) in [5.41, 5.74) is 2.43. The molecule has 1 unspecified atom stereocenters. The Labute approximate surface area is 106 Å². The molecule has 0 aliphatic carbocycles. The second kappa shape index (κ2) is 5.41. The second-order valence-corrected chi connectivity index (χ2v) is 4.74. The van der Waals surface area contributed by atoms with Crippen LogP contribution in [-0.4, -0.2) is 18.2 Å². The van der Waals surface area contributed by atoms with Crippen molar-refractivity contribution in [3.05, 3.63) is 28.8 Å². The lowest BCUT2D eigenvalue weighted by molar-refractivity contribution is -0.136. The van der Waals surface area contributed by atoms with E-state index in [1.165, 1.54) is 0 Å². The number of rotatable bonds is 4. The molecule has 1 aromatic rings. The molecule has 0 amide bonds. The number of aliphatic carboxylic acids is 1. The average Bonchev–Trinajstić information content (AvgIpc) is 2.27. The van der Waals surface area contributed by atoms with Gasteiger partial charge in [-0.3, -0.25) is 4.79 Å². The number of carbonyl (C=O) groups is 1. The molecule has 0 aromatic heterocycles. The SMILES string of the molecule is COc1cc(C)c(C(Cl)C(=O)O)cc1C(C)C. The van der Waals surface area contributed by atoms with E-state index < -0.39 is 11.3 Å². The number of hydrogen-bond donors (Lipinski definition) is 1. The largest absolute Gasteiger partial charge is 0.496 e. The van der Waals surface area contributed by atoms with Crippen molar-refractivity contribution in [2.75, 3.05) is 7.11 Å². The standard InChI is InChI=1S/C13H17ClO3/c1-7(2)9-6-10(12(14)13(15)16)8(3)5-11(9)17-4/h5-7,12H,1-4H3,(H,15,16). The highest BCUT2D eigenvalue weighted by atomic mass is 35.5. The van der Waals surface area contributed by atoms with Gasteiger partial charge >= 0.3 is 5.97 Å². The van der Waals surface area contributed by atoms with E-state index in [0.29, 0.717) is 5.56 Å². The lowest BCUT2D eigenvalue weighted by Crippen LogP contribution is -2.08. The molecule has 94 valence electrons. The second-order valence-electron chi connectivity index (χ2n) is 4.31. The summed E-state index contributed by atoms with van der Waals surface area (Å²) in [7, 11) is 1.61. The van der Waals surface area contributed by atoms with Crippen LogP contribution in [0.2, 0.25) is 0 Å². The smallest absolute Gasteiger partial charge is 0.326 e. The molecule has 0 saturated carbocycles. The van der Waals surface area contributed by atoms with Gasteiger partial charge in [-0.15, -0.1) is 11.6 Å². The van der Waals surface area contributed by atoms with Gasteiger partial charge in [0.05, 0.1) is 7.11 Å². The molecule has 0 radical (unpaired) electrons. The Balaban J connectivity index is 3.34. The van der Waals surface area contributed by atoms with Gasteiger partial charge in [-0.05, 0) is 41.7 Å². The fraction of sp³-hybridized carbons (Fsp3) is 0.462. The number of carboxylic acid groups (broad SMARTS) is 1. The van der Waals surface area contributed by atoms with Crippen molar-refractivity contribution in [3.63, 3.8) is 0 Å². The third-order valence-corrected chi connectivity index (χ3v) is 3.15. The lowest BCUT2D eigenvalue weighted by Gasteiger charge is -2.17. The lowest BCUT2D eigenvalue weighted by atomic mass is 9.95. The van der Waals surface area contributed by atoms with Crippen LogP contribution in [0.1, 0.15) is 41.8 Å². The van der Waals surface area contributed by atoms with Crippen molar-refractivity contribution in [2.24, 2.45) is 0 Å². The van der Waals surface area contributed by atoms with Crippen LogP contribution in [0.15, 0.2) is 12.1 Å². The Hall–Kier alpha value is -1.22. The predicted octanol–water partition coefficient (Wildman–Crippen LogP) is 3.49. The Morgan fingerprint density at radius 2 is 1.94 bits per heavy atom. The van der Waals surface area contributed by atoms with E-state index >= 15 is 0 Å². The first-order valence-corrected chi connectivity index (χ1v) is 5.87. The molecule has 0 bridgehead atoms. The van der Waals surface area contributed by atoms with Gasteiger partial charge in [-0.2, -0.15) is 0 Å². The third-order valence-electron chi connectivity index (χ3n) is 2.73.